The Morgan fingerprint density at radius 3 is 2.59 bits per heavy atom. The molecule has 0 spiro atoms. The quantitative estimate of drug-likeness (QED) is 0.833. The zero-order valence-electron chi connectivity index (χ0n) is 10.1. The van der Waals surface area contributed by atoms with Crippen LogP contribution in [0.5, 0.6) is 5.75 Å². The van der Waals surface area contributed by atoms with Gasteiger partial charge < -0.3 is 16.2 Å². The zero-order valence-corrected chi connectivity index (χ0v) is 10.1. The standard InChI is InChI=1S/C12H18F2N2O/c1-3-4-17-12-9(13)5-8(10(16)6-15)7(2)11(12)14/h5,10H,3-4,6,15-16H2,1-2H3. The first-order valence-electron chi connectivity index (χ1n) is 5.59. The van der Waals surface area contributed by atoms with Crippen molar-refractivity contribution in [2.45, 2.75) is 26.3 Å². The third-order valence-corrected chi connectivity index (χ3v) is 2.56. The highest BCUT2D eigenvalue weighted by Gasteiger charge is 2.19. The van der Waals surface area contributed by atoms with Gasteiger partial charge in [-0.3, -0.25) is 0 Å². The Morgan fingerprint density at radius 1 is 1.41 bits per heavy atom. The molecule has 1 atom stereocenters. The summed E-state index contributed by atoms with van der Waals surface area (Å²) in [5, 5.41) is 0. The number of hydrogen-bond acceptors (Lipinski definition) is 3. The van der Waals surface area contributed by atoms with Gasteiger partial charge in [-0.1, -0.05) is 6.92 Å². The molecule has 0 heterocycles. The summed E-state index contributed by atoms with van der Waals surface area (Å²) in [6.07, 6.45) is 0.683. The molecule has 0 bridgehead atoms. The van der Waals surface area contributed by atoms with E-state index in [0.29, 0.717) is 12.0 Å². The predicted octanol–water partition coefficient (Wildman–Crippen LogP) is 2.02. The smallest absolute Gasteiger partial charge is 0.190 e. The van der Waals surface area contributed by atoms with Gasteiger partial charge in [0.05, 0.1) is 6.61 Å². The number of ether oxygens (including phenoxy) is 1. The van der Waals surface area contributed by atoms with Crippen LogP contribution in [0.25, 0.3) is 0 Å². The van der Waals surface area contributed by atoms with Crippen LogP contribution >= 0.6 is 0 Å². The fraction of sp³-hybridized carbons (Fsp3) is 0.500. The third-order valence-electron chi connectivity index (χ3n) is 2.56. The van der Waals surface area contributed by atoms with Gasteiger partial charge in [-0.2, -0.15) is 0 Å². The summed E-state index contributed by atoms with van der Waals surface area (Å²) in [7, 11) is 0. The van der Waals surface area contributed by atoms with Gasteiger partial charge in [0.1, 0.15) is 0 Å². The van der Waals surface area contributed by atoms with Crippen molar-refractivity contribution >= 4 is 0 Å². The maximum absolute atomic E-state index is 13.9. The Morgan fingerprint density at radius 2 is 2.06 bits per heavy atom. The van der Waals surface area contributed by atoms with Gasteiger partial charge in [-0.25, -0.2) is 8.78 Å². The van der Waals surface area contributed by atoms with Crippen molar-refractivity contribution in [1.82, 2.24) is 0 Å². The summed E-state index contributed by atoms with van der Waals surface area (Å²) in [5.41, 5.74) is 11.7. The van der Waals surface area contributed by atoms with Crippen LogP contribution < -0.4 is 16.2 Å². The van der Waals surface area contributed by atoms with E-state index in [-0.39, 0.29) is 24.5 Å². The van der Waals surface area contributed by atoms with Gasteiger partial charge in [0.15, 0.2) is 17.4 Å². The lowest BCUT2D eigenvalue weighted by Gasteiger charge is -2.16. The fourth-order valence-electron chi connectivity index (χ4n) is 1.56. The number of rotatable bonds is 5. The second-order valence-electron chi connectivity index (χ2n) is 3.91. The topological polar surface area (TPSA) is 61.3 Å². The largest absolute Gasteiger partial charge is 0.488 e. The molecular formula is C12H18F2N2O. The molecule has 3 nitrogen and oxygen atoms in total. The molecule has 0 aliphatic rings. The number of hydrogen-bond donors (Lipinski definition) is 2. The summed E-state index contributed by atoms with van der Waals surface area (Å²) in [6, 6.07) is 0.625. The number of nitrogens with two attached hydrogens (primary N) is 2. The summed E-state index contributed by atoms with van der Waals surface area (Å²) in [4.78, 5) is 0. The molecule has 5 heteroatoms. The molecule has 0 radical (unpaired) electrons. The molecule has 0 aliphatic carbocycles. The molecule has 4 N–H and O–H groups in total. The highest BCUT2D eigenvalue weighted by molar-refractivity contribution is 5.40. The molecule has 1 rings (SSSR count). The first-order chi connectivity index (χ1) is 8.02. The van der Waals surface area contributed by atoms with Crippen molar-refractivity contribution in [2.24, 2.45) is 11.5 Å². The molecule has 0 aromatic heterocycles. The Bertz CT molecular complexity index is 397. The zero-order chi connectivity index (χ0) is 13.0. The van der Waals surface area contributed by atoms with Gasteiger partial charge in [0.2, 0.25) is 0 Å². The minimum atomic E-state index is -0.736. The van der Waals surface area contributed by atoms with Gasteiger partial charge in [-0.05, 0) is 30.5 Å². The van der Waals surface area contributed by atoms with E-state index < -0.39 is 17.7 Å². The maximum atomic E-state index is 13.9. The van der Waals surface area contributed by atoms with Crippen LogP contribution in [0, 0.1) is 18.6 Å². The van der Waals surface area contributed by atoms with Crippen molar-refractivity contribution in [1.29, 1.82) is 0 Å². The van der Waals surface area contributed by atoms with E-state index in [2.05, 4.69) is 0 Å². The summed E-state index contributed by atoms with van der Waals surface area (Å²) in [6.45, 7) is 3.81. The van der Waals surface area contributed by atoms with Crippen molar-refractivity contribution in [3.63, 3.8) is 0 Å². The van der Waals surface area contributed by atoms with E-state index in [9.17, 15) is 8.78 Å². The van der Waals surface area contributed by atoms with Crippen LogP contribution in [0.15, 0.2) is 6.07 Å². The average molecular weight is 244 g/mol. The first-order valence-corrected chi connectivity index (χ1v) is 5.59. The van der Waals surface area contributed by atoms with E-state index in [1.54, 1.807) is 6.92 Å². The Balaban J connectivity index is 3.17. The summed E-state index contributed by atoms with van der Waals surface area (Å²) >= 11 is 0. The predicted molar refractivity (Wildman–Crippen MR) is 62.9 cm³/mol. The van der Waals surface area contributed by atoms with E-state index >= 15 is 0 Å². The van der Waals surface area contributed by atoms with Gasteiger partial charge in [0.25, 0.3) is 0 Å². The second-order valence-corrected chi connectivity index (χ2v) is 3.91. The number of benzene rings is 1. The molecule has 17 heavy (non-hydrogen) atoms. The van der Waals surface area contributed by atoms with Crippen molar-refractivity contribution in [3.05, 3.63) is 28.8 Å². The SMILES string of the molecule is CCCOc1c(F)cc(C(N)CN)c(C)c1F. The maximum Gasteiger partial charge on any atom is 0.190 e. The molecule has 0 fully saturated rings. The minimum absolute atomic E-state index is 0.134. The Kier molecular flexibility index (Phi) is 4.84. The van der Waals surface area contributed by atoms with Crippen LogP contribution in [0.1, 0.15) is 30.5 Å². The lowest BCUT2D eigenvalue weighted by molar-refractivity contribution is 0.283. The highest BCUT2D eigenvalue weighted by Crippen LogP contribution is 2.29. The van der Waals surface area contributed by atoms with Gasteiger partial charge in [-0.15, -0.1) is 0 Å². The highest BCUT2D eigenvalue weighted by atomic mass is 19.1. The molecule has 0 aliphatic heterocycles. The molecular weight excluding hydrogens is 226 g/mol. The first kappa shape index (κ1) is 13.9. The van der Waals surface area contributed by atoms with Gasteiger partial charge >= 0.3 is 0 Å². The Hall–Kier alpha value is -1.20. The monoisotopic (exact) mass is 244 g/mol. The third kappa shape index (κ3) is 2.92. The summed E-state index contributed by atoms with van der Waals surface area (Å²) in [5.74, 6) is -1.77. The normalized spacial score (nSPS) is 12.6. The molecule has 0 amide bonds. The molecule has 0 saturated carbocycles. The van der Waals surface area contributed by atoms with E-state index in [0.717, 1.165) is 0 Å². The number of halogens is 2. The average Bonchev–Trinajstić information content (AvgIpc) is 2.32. The van der Waals surface area contributed by atoms with E-state index in [1.165, 1.54) is 6.07 Å². The van der Waals surface area contributed by atoms with Crippen LogP contribution in [0.3, 0.4) is 0 Å². The van der Waals surface area contributed by atoms with E-state index in [1.807, 2.05) is 6.92 Å². The second kappa shape index (κ2) is 5.93. The van der Waals surface area contributed by atoms with Crippen LogP contribution in [0.2, 0.25) is 0 Å². The molecule has 96 valence electrons. The molecule has 1 aromatic rings. The lowest BCUT2D eigenvalue weighted by atomic mass is 10.0. The molecule has 1 aromatic carbocycles. The lowest BCUT2D eigenvalue weighted by Crippen LogP contribution is -2.22. The fourth-order valence-corrected chi connectivity index (χ4v) is 1.56. The van der Waals surface area contributed by atoms with Gasteiger partial charge in [0, 0.05) is 12.6 Å². The molecule has 1 unspecified atom stereocenters. The van der Waals surface area contributed by atoms with Crippen LogP contribution in [-0.4, -0.2) is 13.2 Å². The van der Waals surface area contributed by atoms with E-state index in [4.69, 9.17) is 16.2 Å². The van der Waals surface area contributed by atoms with Crippen LogP contribution in [-0.2, 0) is 0 Å². The van der Waals surface area contributed by atoms with Crippen molar-refractivity contribution < 1.29 is 13.5 Å². The minimum Gasteiger partial charge on any atom is -0.488 e. The van der Waals surface area contributed by atoms with Crippen molar-refractivity contribution in [3.8, 4) is 5.75 Å². The van der Waals surface area contributed by atoms with Crippen LogP contribution in [0.4, 0.5) is 8.78 Å². The van der Waals surface area contributed by atoms with Crippen molar-refractivity contribution in [2.75, 3.05) is 13.2 Å². The molecule has 0 saturated heterocycles. The summed E-state index contributed by atoms with van der Waals surface area (Å²) < 4.78 is 32.6. The Labute approximate surface area is 99.7 Å².